The van der Waals surface area contributed by atoms with E-state index in [1.807, 2.05) is 30.3 Å². The highest BCUT2D eigenvalue weighted by atomic mass is 28.4. The highest BCUT2D eigenvalue weighted by molar-refractivity contribution is 6.73. The Morgan fingerprint density at radius 2 is 1.75 bits per heavy atom. The van der Waals surface area contributed by atoms with E-state index >= 15 is 0 Å². The first-order valence-electron chi connectivity index (χ1n) is 9.80. The fraction of sp³-hybridized carbons (Fsp3) is 0.429. The molecule has 0 radical (unpaired) electrons. The molecular formula is C21H27NO5Si. The van der Waals surface area contributed by atoms with Gasteiger partial charge in [-0.05, 0) is 35.8 Å². The molecule has 6 nitrogen and oxygen atoms in total. The van der Waals surface area contributed by atoms with E-state index in [0.29, 0.717) is 5.76 Å². The largest absolute Gasteiger partial charge is 0.467 e. The van der Waals surface area contributed by atoms with Crippen molar-refractivity contribution in [3.63, 3.8) is 0 Å². The second kappa shape index (κ2) is 8.75. The molecule has 2 heterocycles. The van der Waals surface area contributed by atoms with Gasteiger partial charge in [-0.15, -0.1) is 0 Å². The van der Waals surface area contributed by atoms with Crippen LogP contribution in [0.4, 0.5) is 4.79 Å². The van der Waals surface area contributed by atoms with Gasteiger partial charge < -0.3 is 13.6 Å². The lowest BCUT2D eigenvalue weighted by Crippen LogP contribution is -2.64. The van der Waals surface area contributed by atoms with Gasteiger partial charge in [0.15, 0.2) is 14.4 Å². The molecule has 2 aromatic rings. The van der Waals surface area contributed by atoms with Crippen LogP contribution in [0.3, 0.4) is 0 Å². The van der Waals surface area contributed by atoms with Crippen LogP contribution >= 0.6 is 0 Å². The summed E-state index contributed by atoms with van der Waals surface area (Å²) in [5.74, 6) is 0.180. The van der Waals surface area contributed by atoms with E-state index in [2.05, 4.69) is 20.8 Å². The molecule has 1 aromatic carbocycles. The minimum absolute atomic E-state index is 0.109. The van der Waals surface area contributed by atoms with E-state index in [1.54, 1.807) is 12.1 Å². The Kier molecular flexibility index (Phi) is 6.36. The summed E-state index contributed by atoms with van der Waals surface area (Å²) >= 11 is 0. The zero-order chi connectivity index (χ0) is 20.1. The molecule has 1 aliphatic heterocycles. The summed E-state index contributed by atoms with van der Waals surface area (Å²) in [6, 6.07) is 15.1. The topological polar surface area (TPSA) is 69.0 Å². The Hall–Kier alpha value is -2.38. The molecule has 1 aromatic heterocycles. The van der Waals surface area contributed by atoms with Gasteiger partial charge >= 0.3 is 6.09 Å². The van der Waals surface area contributed by atoms with Crippen LogP contribution in [0, 0.1) is 0 Å². The van der Waals surface area contributed by atoms with Crippen LogP contribution in [0.25, 0.3) is 0 Å². The number of ether oxygens (including phenoxy) is 1. The van der Waals surface area contributed by atoms with Gasteiger partial charge in [0.05, 0.1) is 6.26 Å². The molecule has 0 spiro atoms. The number of imide groups is 1. The summed E-state index contributed by atoms with van der Waals surface area (Å²) < 4.78 is 17.3. The molecule has 2 unspecified atom stereocenters. The van der Waals surface area contributed by atoms with Crippen LogP contribution in [-0.4, -0.2) is 31.3 Å². The van der Waals surface area contributed by atoms with Crippen molar-refractivity contribution in [1.29, 1.82) is 0 Å². The standard InChI is InChI=1S/C21H27NO5Si/c1-4-28(5-2,6-3)27-19-18(17-13-10-14-25-17)22(20(19)23)21(24)26-15-16-11-8-7-9-12-16/h7-14,18-19H,4-6,15H2,1-3H3. The summed E-state index contributed by atoms with van der Waals surface area (Å²) in [5, 5.41) is 0. The smallest absolute Gasteiger partial charge is 0.417 e. The monoisotopic (exact) mass is 401 g/mol. The van der Waals surface area contributed by atoms with Crippen molar-refractivity contribution >= 4 is 20.3 Å². The van der Waals surface area contributed by atoms with E-state index in [9.17, 15) is 9.59 Å². The number of rotatable bonds is 8. The summed E-state index contributed by atoms with van der Waals surface area (Å²) in [7, 11) is -2.02. The molecule has 0 N–H and O–H groups in total. The van der Waals surface area contributed by atoms with Crippen molar-refractivity contribution < 1.29 is 23.2 Å². The highest BCUT2D eigenvalue weighted by Gasteiger charge is 2.56. The lowest BCUT2D eigenvalue weighted by Gasteiger charge is -2.46. The maximum Gasteiger partial charge on any atom is 0.417 e. The van der Waals surface area contributed by atoms with Gasteiger partial charge in [0.25, 0.3) is 5.91 Å². The summed E-state index contributed by atoms with van der Waals surface area (Å²) in [4.78, 5) is 26.6. The summed E-state index contributed by atoms with van der Waals surface area (Å²) in [6.45, 7) is 6.43. The van der Waals surface area contributed by atoms with Gasteiger partial charge in [-0.3, -0.25) is 4.79 Å². The normalized spacial score (nSPS) is 19.4. The Bertz CT molecular complexity index is 780. The van der Waals surface area contributed by atoms with Gasteiger partial charge in [0.1, 0.15) is 18.4 Å². The molecule has 3 rings (SSSR count). The predicted octanol–water partition coefficient (Wildman–Crippen LogP) is 4.89. The quantitative estimate of drug-likeness (QED) is 0.465. The van der Waals surface area contributed by atoms with Gasteiger partial charge in [0.2, 0.25) is 0 Å². The SMILES string of the molecule is CC[Si](CC)(CC)OC1C(=O)N(C(=O)OCc2ccccc2)C1c1ccco1. The highest BCUT2D eigenvalue weighted by Crippen LogP contribution is 2.41. The molecule has 1 saturated heterocycles. The predicted molar refractivity (Wildman–Crippen MR) is 107 cm³/mol. The molecule has 1 aliphatic rings. The number of carbonyl (C=O) groups is 2. The van der Waals surface area contributed by atoms with Crippen molar-refractivity contribution in [2.45, 2.75) is 57.7 Å². The maximum atomic E-state index is 12.8. The minimum atomic E-state index is -2.02. The van der Waals surface area contributed by atoms with E-state index in [0.717, 1.165) is 28.6 Å². The fourth-order valence-electron chi connectivity index (χ4n) is 3.58. The number of benzene rings is 1. The van der Waals surface area contributed by atoms with E-state index in [-0.39, 0.29) is 12.5 Å². The van der Waals surface area contributed by atoms with Crippen LogP contribution in [0.15, 0.2) is 53.1 Å². The van der Waals surface area contributed by atoms with Crippen LogP contribution in [0.2, 0.25) is 18.1 Å². The van der Waals surface area contributed by atoms with Gasteiger partial charge in [-0.25, -0.2) is 9.69 Å². The first kappa shape index (κ1) is 20.4. The number of furan rings is 1. The van der Waals surface area contributed by atoms with Gasteiger partial charge in [0, 0.05) is 0 Å². The average Bonchev–Trinajstić information content (AvgIpc) is 3.26. The molecule has 0 saturated carbocycles. The number of hydrogen-bond acceptors (Lipinski definition) is 5. The first-order chi connectivity index (χ1) is 13.5. The second-order valence-electron chi connectivity index (χ2n) is 6.99. The van der Waals surface area contributed by atoms with Crippen molar-refractivity contribution in [2.24, 2.45) is 0 Å². The minimum Gasteiger partial charge on any atom is -0.467 e. The Morgan fingerprint density at radius 3 is 2.32 bits per heavy atom. The molecule has 0 bridgehead atoms. The zero-order valence-corrected chi connectivity index (χ0v) is 17.6. The van der Waals surface area contributed by atoms with Crippen LogP contribution in [0.5, 0.6) is 0 Å². The maximum absolute atomic E-state index is 12.8. The number of nitrogens with zero attached hydrogens (tertiary/aromatic N) is 1. The molecule has 2 atom stereocenters. The van der Waals surface area contributed by atoms with E-state index in [1.165, 1.54) is 6.26 Å². The average molecular weight is 402 g/mol. The van der Waals surface area contributed by atoms with Gasteiger partial charge in [-0.1, -0.05) is 51.1 Å². The van der Waals surface area contributed by atoms with Crippen molar-refractivity contribution in [3.8, 4) is 0 Å². The summed E-state index contributed by atoms with van der Waals surface area (Å²) in [5.41, 5.74) is 0.862. The summed E-state index contributed by atoms with van der Waals surface area (Å²) in [6.07, 6.45) is 0.168. The molecule has 28 heavy (non-hydrogen) atoms. The third-order valence-corrected chi connectivity index (χ3v) is 10.2. The van der Waals surface area contributed by atoms with Crippen LogP contribution in [0.1, 0.15) is 38.1 Å². The Balaban J connectivity index is 1.76. The number of hydrogen-bond donors (Lipinski definition) is 0. The molecule has 7 heteroatoms. The van der Waals surface area contributed by atoms with Gasteiger partial charge in [-0.2, -0.15) is 0 Å². The fourth-order valence-corrected chi connectivity index (χ4v) is 6.34. The van der Waals surface area contributed by atoms with Crippen molar-refractivity contribution in [3.05, 3.63) is 60.1 Å². The number of likely N-dealkylation sites (tertiary alicyclic amines) is 1. The molecule has 1 fully saturated rings. The lowest BCUT2D eigenvalue weighted by molar-refractivity contribution is -0.162. The molecule has 2 amide bonds. The Labute approximate surface area is 166 Å². The number of carbonyl (C=O) groups excluding carboxylic acids is 2. The number of β-lactam (4-membered cyclic amide) rings is 1. The van der Waals surface area contributed by atoms with Crippen LogP contribution < -0.4 is 0 Å². The van der Waals surface area contributed by atoms with Crippen LogP contribution in [-0.2, 0) is 20.6 Å². The molecule has 0 aliphatic carbocycles. The van der Waals surface area contributed by atoms with Crippen molar-refractivity contribution in [2.75, 3.05) is 0 Å². The lowest BCUT2D eigenvalue weighted by atomic mass is 9.96. The van der Waals surface area contributed by atoms with Crippen molar-refractivity contribution in [1.82, 2.24) is 4.90 Å². The number of amides is 2. The van der Waals surface area contributed by atoms with E-state index < -0.39 is 26.6 Å². The molecule has 150 valence electrons. The zero-order valence-electron chi connectivity index (χ0n) is 16.6. The first-order valence-corrected chi connectivity index (χ1v) is 12.3. The third kappa shape index (κ3) is 3.91. The Morgan fingerprint density at radius 1 is 1.07 bits per heavy atom. The van der Waals surface area contributed by atoms with E-state index in [4.69, 9.17) is 13.6 Å². The molecular weight excluding hydrogens is 374 g/mol. The second-order valence-corrected chi connectivity index (χ2v) is 11.7. The third-order valence-electron chi connectivity index (χ3n) is 5.59.